The first-order chi connectivity index (χ1) is 13.6. The Hall–Kier alpha value is -2.08. The maximum Gasteiger partial charge on any atom is 0.237 e. The molecule has 1 N–H and O–H groups in total. The summed E-state index contributed by atoms with van der Waals surface area (Å²) in [5.74, 6) is 0.902. The van der Waals surface area contributed by atoms with Crippen LogP contribution in [0.2, 0.25) is 5.02 Å². The number of fused-ring (bicyclic) bond motifs is 1. The van der Waals surface area contributed by atoms with Gasteiger partial charge >= 0.3 is 0 Å². The van der Waals surface area contributed by atoms with Crippen LogP contribution < -0.4 is 10.1 Å². The third-order valence-electron chi connectivity index (χ3n) is 5.54. The number of rotatable bonds is 4. The number of para-hydroxylation sites is 1. The summed E-state index contributed by atoms with van der Waals surface area (Å²) >= 11 is 5.99. The smallest absolute Gasteiger partial charge is 0.237 e. The molecular weight excluding hydrogens is 376 g/mol. The van der Waals surface area contributed by atoms with E-state index in [9.17, 15) is 4.79 Å². The van der Waals surface area contributed by atoms with Crippen molar-refractivity contribution in [3.8, 4) is 5.75 Å². The molecule has 1 saturated heterocycles. The maximum absolute atomic E-state index is 13.0. The van der Waals surface area contributed by atoms with Gasteiger partial charge in [-0.3, -0.25) is 9.69 Å². The first-order valence-electron chi connectivity index (χ1n) is 9.75. The summed E-state index contributed by atoms with van der Waals surface area (Å²) in [5, 5.41) is 3.92. The molecule has 0 aliphatic carbocycles. The average Bonchev–Trinajstić information content (AvgIpc) is 2.74. The molecule has 0 aromatic heterocycles. The molecule has 4 rings (SSSR count). The van der Waals surface area contributed by atoms with Crippen molar-refractivity contribution in [2.24, 2.45) is 0 Å². The van der Waals surface area contributed by atoms with Gasteiger partial charge in [0.05, 0.1) is 31.4 Å². The SMILES string of the molecule is CC(C(=O)NC1CCOc2ccccc21)N1CCOC(c2ccc(Cl)cc2)C1. The Morgan fingerprint density at radius 1 is 1.18 bits per heavy atom. The molecule has 6 heteroatoms. The van der Waals surface area contributed by atoms with Crippen LogP contribution in [0.25, 0.3) is 0 Å². The molecule has 148 valence electrons. The molecule has 2 aliphatic heterocycles. The lowest BCUT2D eigenvalue weighted by Crippen LogP contribution is -2.51. The zero-order valence-corrected chi connectivity index (χ0v) is 16.7. The summed E-state index contributed by atoms with van der Waals surface area (Å²) in [4.78, 5) is 15.1. The first-order valence-corrected chi connectivity index (χ1v) is 10.1. The second-order valence-electron chi connectivity index (χ2n) is 7.32. The lowest BCUT2D eigenvalue weighted by Gasteiger charge is -2.37. The Labute approximate surface area is 170 Å². The highest BCUT2D eigenvalue weighted by Crippen LogP contribution is 2.32. The van der Waals surface area contributed by atoms with Crippen molar-refractivity contribution in [1.29, 1.82) is 0 Å². The Bertz CT molecular complexity index is 827. The summed E-state index contributed by atoms with van der Waals surface area (Å²) in [5.41, 5.74) is 2.13. The number of benzene rings is 2. The van der Waals surface area contributed by atoms with Gasteiger partial charge in [0.15, 0.2) is 0 Å². The number of hydrogen-bond donors (Lipinski definition) is 1. The van der Waals surface area contributed by atoms with Gasteiger partial charge < -0.3 is 14.8 Å². The molecule has 1 amide bonds. The predicted molar refractivity (Wildman–Crippen MR) is 109 cm³/mol. The lowest BCUT2D eigenvalue weighted by molar-refractivity contribution is -0.130. The van der Waals surface area contributed by atoms with Crippen molar-refractivity contribution in [3.63, 3.8) is 0 Å². The molecule has 3 unspecified atom stereocenters. The van der Waals surface area contributed by atoms with Gasteiger partial charge in [0, 0.05) is 30.1 Å². The third-order valence-corrected chi connectivity index (χ3v) is 5.79. The van der Waals surface area contributed by atoms with Gasteiger partial charge in [-0.15, -0.1) is 0 Å². The van der Waals surface area contributed by atoms with Crippen LogP contribution in [0, 0.1) is 0 Å². The number of nitrogens with one attached hydrogen (secondary N) is 1. The van der Waals surface area contributed by atoms with Crippen molar-refractivity contribution in [2.45, 2.75) is 31.5 Å². The number of amides is 1. The van der Waals surface area contributed by atoms with E-state index in [1.165, 1.54) is 0 Å². The van der Waals surface area contributed by atoms with Crippen LogP contribution in [0.3, 0.4) is 0 Å². The fourth-order valence-corrected chi connectivity index (χ4v) is 3.98. The minimum absolute atomic E-state index is 0.00648. The molecular formula is C22H25ClN2O3. The maximum atomic E-state index is 13.0. The normalized spacial score (nSPS) is 23.4. The van der Waals surface area contributed by atoms with Crippen LogP contribution in [0.4, 0.5) is 0 Å². The fraction of sp³-hybridized carbons (Fsp3) is 0.409. The van der Waals surface area contributed by atoms with Crippen molar-refractivity contribution in [3.05, 3.63) is 64.7 Å². The molecule has 0 bridgehead atoms. The highest BCUT2D eigenvalue weighted by molar-refractivity contribution is 6.30. The molecule has 2 aromatic rings. The second kappa shape index (κ2) is 8.52. The van der Waals surface area contributed by atoms with Crippen molar-refractivity contribution in [2.75, 3.05) is 26.3 Å². The largest absolute Gasteiger partial charge is 0.493 e. The molecule has 0 spiro atoms. The van der Waals surface area contributed by atoms with Crippen LogP contribution in [0.15, 0.2) is 48.5 Å². The van der Waals surface area contributed by atoms with Crippen molar-refractivity contribution >= 4 is 17.5 Å². The van der Waals surface area contributed by atoms with Gasteiger partial charge in [-0.1, -0.05) is 41.9 Å². The quantitative estimate of drug-likeness (QED) is 0.849. The Kier molecular flexibility index (Phi) is 5.85. The molecule has 5 nitrogen and oxygen atoms in total. The zero-order valence-electron chi connectivity index (χ0n) is 15.9. The van der Waals surface area contributed by atoms with Gasteiger partial charge in [0.25, 0.3) is 0 Å². The van der Waals surface area contributed by atoms with E-state index < -0.39 is 0 Å². The number of nitrogens with zero attached hydrogens (tertiary/aromatic N) is 1. The van der Waals surface area contributed by atoms with E-state index in [-0.39, 0.29) is 24.1 Å². The number of carbonyl (C=O) groups is 1. The molecule has 2 heterocycles. The Morgan fingerprint density at radius 3 is 2.79 bits per heavy atom. The number of carbonyl (C=O) groups excluding carboxylic acids is 1. The predicted octanol–water partition coefficient (Wildman–Crippen LogP) is 3.74. The molecule has 2 aromatic carbocycles. The lowest BCUT2D eigenvalue weighted by atomic mass is 10.00. The van der Waals surface area contributed by atoms with Gasteiger partial charge in [0.2, 0.25) is 5.91 Å². The molecule has 28 heavy (non-hydrogen) atoms. The van der Waals surface area contributed by atoms with E-state index in [4.69, 9.17) is 21.1 Å². The third kappa shape index (κ3) is 4.17. The number of halogens is 1. The fourth-order valence-electron chi connectivity index (χ4n) is 3.85. The summed E-state index contributed by atoms with van der Waals surface area (Å²) in [6, 6.07) is 15.4. The summed E-state index contributed by atoms with van der Waals surface area (Å²) in [7, 11) is 0. The van der Waals surface area contributed by atoms with E-state index in [1.54, 1.807) is 0 Å². The molecule has 0 radical (unpaired) electrons. The minimum Gasteiger partial charge on any atom is -0.493 e. The number of hydrogen-bond acceptors (Lipinski definition) is 4. The zero-order chi connectivity index (χ0) is 19.5. The molecule has 0 saturated carbocycles. The highest BCUT2D eigenvalue weighted by Gasteiger charge is 2.31. The van der Waals surface area contributed by atoms with Gasteiger partial charge in [0.1, 0.15) is 5.75 Å². The summed E-state index contributed by atoms with van der Waals surface area (Å²) in [6.45, 7) is 4.60. The monoisotopic (exact) mass is 400 g/mol. The molecule has 3 atom stereocenters. The van der Waals surface area contributed by atoms with Gasteiger partial charge in [-0.25, -0.2) is 0 Å². The van der Waals surface area contributed by atoms with Gasteiger partial charge in [-0.05, 0) is 30.7 Å². The first kappa shape index (κ1) is 19.2. The van der Waals surface area contributed by atoms with Crippen LogP contribution in [-0.2, 0) is 9.53 Å². The van der Waals surface area contributed by atoms with Crippen molar-refractivity contribution in [1.82, 2.24) is 10.2 Å². The van der Waals surface area contributed by atoms with E-state index in [1.807, 2.05) is 55.5 Å². The Balaban J connectivity index is 1.40. The Morgan fingerprint density at radius 2 is 1.96 bits per heavy atom. The minimum atomic E-state index is -0.228. The van der Waals surface area contributed by atoms with Crippen LogP contribution in [0.1, 0.15) is 36.6 Å². The number of morpholine rings is 1. The van der Waals surface area contributed by atoms with Gasteiger partial charge in [-0.2, -0.15) is 0 Å². The highest BCUT2D eigenvalue weighted by atomic mass is 35.5. The van der Waals surface area contributed by atoms with Crippen LogP contribution in [-0.4, -0.2) is 43.2 Å². The van der Waals surface area contributed by atoms with Crippen LogP contribution in [0.5, 0.6) is 5.75 Å². The van der Waals surface area contributed by atoms with Crippen molar-refractivity contribution < 1.29 is 14.3 Å². The van der Waals surface area contributed by atoms with E-state index >= 15 is 0 Å². The summed E-state index contributed by atoms with van der Waals surface area (Å²) in [6.07, 6.45) is 0.733. The van der Waals surface area contributed by atoms with E-state index in [2.05, 4.69) is 10.2 Å². The standard InChI is InChI=1S/C22H25ClN2O3/c1-15(22(26)24-19-10-12-27-20-5-3-2-4-18(19)20)25-11-13-28-21(14-25)16-6-8-17(23)9-7-16/h2-9,15,19,21H,10-14H2,1H3,(H,24,26). The average molecular weight is 401 g/mol. The molecule has 2 aliphatic rings. The van der Waals surface area contributed by atoms with Crippen LogP contribution >= 0.6 is 11.6 Å². The summed E-state index contributed by atoms with van der Waals surface area (Å²) < 4.78 is 11.6. The topological polar surface area (TPSA) is 50.8 Å². The molecule has 1 fully saturated rings. The van der Waals surface area contributed by atoms with E-state index in [0.29, 0.717) is 24.8 Å². The van der Waals surface area contributed by atoms with E-state index in [0.717, 1.165) is 29.8 Å². The second-order valence-corrected chi connectivity index (χ2v) is 7.75. The number of ether oxygens (including phenoxy) is 2.